The maximum absolute atomic E-state index is 12.6. The van der Waals surface area contributed by atoms with Gasteiger partial charge in [0.2, 0.25) is 0 Å². The van der Waals surface area contributed by atoms with E-state index in [0.29, 0.717) is 16.8 Å². The third kappa shape index (κ3) is 2.09. The molecular weight excluding hydrogens is 286 g/mol. The Morgan fingerprint density at radius 1 is 0.913 bits per heavy atom. The summed E-state index contributed by atoms with van der Waals surface area (Å²) in [6.45, 7) is 1.95. The predicted octanol–water partition coefficient (Wildman–Crippen LogP) is 4.50. The quantitative estimate of drug-likeness (QED) is 0.416. The normalized spacial score (nSPS) is 11.2. The van der Waals surface area contributed by atoms with Gasteiger partial charge >= 0.3 is 5.63 Å². The van der Waals surface area contributed by atoms with Gasteiger partial charge in [-0.15, -0.1) is 0 Å². The SMILES string of the molecule is Cc1c(-c2cccc3ccccc23)c(=O)oc2cc(N)ccc12. The van der Waals surface area contributed by atoms with Gasteiger partial charge in [-0.3, -0.25) is 0 Å². The highest BCUT2D eigenvalue weighted by Gasteiger charge is 2.15. The summed E-state index contributed by atoms with van der Waals surface area (Å²) in [6.07, 6.45) is 0. The van der Waals surface area contributed by atoms with E-state index in [1.165, 1.54) is 0 Å². The largest absolute Gasteiger partial charge is 0.422 e. The van der Waals surface area contributed by atoms with Crippen LogP contribution in [-0.2, 0) is 0 Å². The monoisotopic (exact) mass is 301 g/mol. The molecule has 2 N–H and O–H groups in total. The second-order valence-corrected chi connectivity index (χ2v) is 5.67. The van der Waals surface area contributed by atoms with Crippen LogP contribution in [0.3, 0.4) is 0 Å². The van der Waals surface area contributed by atoms with Gasteiger partial charge in [0.1, 0.15) is 5.58 Å². The molecule has 23 heavy (non-hydrogen) atoms. The highest BCUT2D eigenvalue weighted by atomic mass is 16.4. The molecule has 0 fully saturated rings. The molecule has 0 atom stereocenters. The number of benzene rings is 3. The summed E-state index contributed by atoms with van der Waals surface area (Å²) in [6, 6.07) is 19.4. The molecule has 0 saturated heterocycles. The molecule has 0 aliphatic rings. The molecule has 0 radical (unpaired) electrons. The minimum Gasteiger partial charge on any atom is -0.422 e. The fourth-order valence-corrected chi connectivity index (χ4v) is 3.13. The third-order valence-electron chi connectivity index (χ3n) is 4.25. The molecule has 1 heterocycles. The Morgan fingerprint density at radius 2 is 1.70 bits per heavy atom. The summed E-state index contributed by atoms with van der Waals surface area (Å²) in [5.74, 6) is 0. The van der Waals surface area contributed by atoms with Crippen LogP contribution in [0.1, 0.15) is 5.56 Å². The molecule has 0 aliphatic heterocycles. The summed E-state index contributed by atoms with van der Waals surface area (Å²) in [5.41, 5.74) is 8.97. The molecule has 4 aromatic rings. The highest BCUT2D eigenvalue weighted by molar-refractivity contribution is 5.99. The van der Waals surface area contributed by atoms with Gasteiger partial charge < -0.3 is 10.2 Å². The van der Waals surface area contributed by atoms with Gasteiger partial charge in [-0.05, 0) is 41.0 Å². The first-order valence-electron chi connectivity index (χ1n) is 7.46. The van der Waals surface area contributed by atoms with Crippen LogP contribution in [0.25, 0.3) is 32.9 Å². The van der Waals surface area contributed by atoms with Crippen LogP contribution >= 0.6 is 0 Å². The number of anilines is 1. The van der Waals surface area contributed by atoms with Crippen molar-refractivity contribution in [3.05, 3.63) is 76.6 Å². The first kappa shape index (κ1) is 13.6. The number of rotatable bonds is 1. The number of aryl methyl sites for hydroxylation is 1. The van der Waals surface area contributed by atoms with E-state index >= 15 is 0 Å². The number of hydrogen-bond acceptors (Lipinski definition) is 3. The Morgan fingerprint density at radius 3 is 2.57 bits per heavy atom. The van der Waals surface area contributed by atoms with Crippen molar-refractivity contribution in [2.75, 3.05) is 5.73 Å². The smallest absolute Gasteiger partial charge is 0.344 e. The van der Waals surface area contributed by atoms with Gasteiger partial charge in [-0.1, -0.05) is 42.5 Å². The van der Waals surface area contributed by atoms with Crippen LogP contribution in [0.15, 0.2) is 69.9 Å². The summed E-state index contributed by atoms with van der Waals surface area (Å²) in [5, 5.41) is 3.04. The maximum Gasteiger partial charge on any atom is 0.344 e. The maximum atomic E-state index is 12.6. The van der Waals surface area contributed by atoms with E-state index in [2.05, 4.69) is 0 Å². The molecule has 3 aromatic carbocycles. The Kier molecular flexibility index (Phi) is 2.95. The molecule has 3 heteroatoms. The van der Waals surface area contributed by atoms with Crippen LogP contribution in [0.5, 0.6) is 0 Å². The number of hydrogen-bond donors (Lipinski definition) is 1. The number of fused-ring (bicyclic) bond motifs is 2. The second-order valence-electron chi connectivity index (χ2n) is 5.67. The summed E-state index contributed by atoms with van der Waals surface area (Å²) >= 11 is 0. The van der Waals surface area contributed by atoms with Gasteiger partial charge in [0.05, 0.1) is 5.56 Å². The predicted molar refractivity (Wildman–Crippen MR) is 94.6 cm³/mol. The fraction of sp³-hybridized carbons (Fsp3) is 0.0500. The Bertz CT molecular complexity index is 1100. The highest BCUT2D eigenvalue weighted by Crippen LogP contribution is 2.32. The van der Waals surface area contributed by atoms with Gasteiger partial charge in [0.15, 0.2) is 0 Å². The number of nitrogens with two attached hydrogens (primary N) is 1. The summed E-state index contributed by atoms with van der Waals surface area (Å²) < 4.78 is 5.52. The molecule has 0 saturated carbocycles. The molecule has 0 spiro atoms. The van der Waals surface area contributed by atoms with Crippen LogP contribution in [0.2, 0.25) is 0 Å². The lowest BCUT2D eigenvalue weighted by molar-refractivity contribution is 0.562. The average Bonchev–Trinajstić information content (AvgIpc) is 2.54. The minimum absolute atomic E-state index is 0.336. The average molecular weight is 301 g/mol. The van der Waals surface area contributed by atoms with Crippen molar-refractivity contribution in [2.24, 2.45) is 0 Å². The lowest BCUT2D eigenvalue weighted by Gasteiger charge is -2.11. The van der Waals surface area contributed by atoms with E-state index in [1.54, 1.807) is 6.07 Å². The van der Waals surface area contributed by atoms with Crippen molar-refractivity contribution in [1.29, 1.82) is 0 Å². The second kappa shape index (κ2) is 4.99. The molecule has 0 aliphatic carbocycles. The standard InChI is InChI=1S/C20H15NO2/c1-12-15-10-9-14(21)11-18(15)23-20(22)19(12)17-8-4-6-13-5-2-3-7-16(13)17/h2-11H,21H2,1H3. The first-order chi connectivity index (χ1) is 11.1. The van der Waals surface area contributed by atoms with E-state index in [-0.39, 0.29) is 5.63 Å². The van der Waals surface area contributed by atoms with Crippen LogP contribution in [0.4, 0.5) is 5.69 Å². The summed E-state index contributed by atoms with van der Waals surface area (Å²) in [7, 11) is 0. The topological polar surface area (TPSA) is 56.2 Å². The van der Waals surface area contributed by atoms with Crippen molar-refractivity contribution in [3.63, 3.8) is 0 Å². The van der Waals surface area contributed by atoms with Crippen molar-refractivity contribution < 1.29 is 4.42 Å². The minimum atomic E-state index is -0.336. The fourth-order valence-electron chi connectivity index (χ4n) is 3.13. The summed E-state index contributed by atoms with van der Waals surface area (Å²) in [4.78, 5) is 12.6. The van der Waals surface area contributed by atoms with Gasteiger partial charge in [-0.2, -0.15) is 0 Å². The van der Waals surface area contributed by atoms with Gasteiger partial charge in [0, 0.05) is 17.1 Å². The van der Waals surface area contributed by atoms with Crippen molar-refractivity contribution in [2.45, 2.75) is 6.92 Å². The molecule has 0 bridgehead atoms. The van der Waals surface area contributed by atoms with Gasteiger partial charge in [-0.25, -0.2) is 4.79 Å². The van der Waals surface area contributed by atoms with Crippen molar-refractivity contribution in [3.8, 4) is 11.1 Å². The van der Waals surface area contributed by atoms with E-state index < -0.39 is 0 Å². The molecule has 1 aromatic heterocycles. The van der Waals surface area contributed by atoms with Crippen molar-refractivity contribution >= 4 is 27.4 Å². The van der Waals surface area contributed by atoms with E-state index in [1.807, 2.05) is 61.5 Å². The van der Waals surface area contributed by atoms with Gasteiger partial charge in [0.25, 0.3) is 0 Å². The zero-order valence-electron chi connectivity index (χ0n) is 12.7. The Balaban J connectivity index is 2.13. The molecule has 3 nitrogen and oxygen atoms in total. The lowest BCUT2D eigenvalue weighted by atomic mass is 9.95. The Labute approximate surface area is 133 Å². The van der Waals surface area contributed by atoms with E-state index in [9.17, 15) is 4.79 Å². The molecule has 0 unspecified atom stereocenters. The lowest BCUT2D eigenvalue weighted by Crippen LogP contribution is -2.06. The van der Waals surface area contributed by atoms with E-state index in [4.69, 9.17) is 10.2 Å². The van der Waals surface area contributed by atoms with E-state index in [0.717, 1.165) is 27.3 Å². The van der Waals surface area contributed by atoms with Crippen molar-refractivity contribution in [1.82, 2.24) is 0 Å². The zero-order valence-corrected chi connectivity index (χ0v) is 12.7. The van der Waals surface area contributed by atoms with Crippen LogP contribution < -0.4 is 11.4 Å². The molecule has 112 valence electrons. The molecule has 4 rings (SSSR count). The Hall–Kier alpha value is -3.07. The molecule has 0 amide bonds. The zero-order chi connectivity index (χ0) is 16.0. The third-order valence-corrected chi connectivity index (χ3v) is 4.25. The number of nitrogen functional groups attached to an aromatic ring is 1. The first-order valence-corrected chi connectivity index (χ1v) is 7.46. The van der Waals surface area contributed by atoms with Crippen LogP contribution in [0, 0.1) is 6.92 Å². The molecular formula is C20H15NO2. The van der Waals surface area contributed by atoms with Crippen LogP contribution in [-0.4, -0.2) is 0 Å².